The Morgan fingerprint density at radius 2 is 2.07 bits per heavy atom. The average Bonchev–Trinajstić information content (AvgIpc) is 2.74. The summed E-state index contributed by atoms with van der Waals surface area (Å²) in [5, 5.41) is 12.6. The first-order valence-corrected chi connectivity index (χ1v) is 7.60. The molecule has 1 unspecified atom stereocenters. The summed E-state index contributed by atoms with van der Waals surface area (Å²) < 4.78 is 1.87. The fourth-order valence-corrected chi connectivity index (χ4v) is 4.08. The molecule has 0 saturated carbocycles. The third-order valence-electron chi connectivity index (χ3n) is 1.84. The predicted octanol–water partition coefficient (Wildman–Crippen LogP) is 5.07. The Labute approximate surface area is 117 Å². The highest BCUT2D eigenvalue weighted by Gasteiger charge is 2.16. The van der Waals surface area contributed by atoms with Gasteiger partial charge in [-0.15, -0.1) is 22.7 Å². The van der Waals surface area contributed by atoms with Gasteiger partial charge >= 0.3 is 0 Å². The van der Waals surface area contributed by atoms with Gasteiger partial charge in [-0.3, -0.25) is 0 Å². The van der Waals surface area contributed by atoms with Crippen LogP contribution in [-0.4, -0.2) is 5.11 Å². The van der Waals surface area contributed by atoms with Crippen molar-refractivity contribution in [3.8, 4) is 0 Å². The van der Waals surface area contributed by atoms with Crippen LogP contribution in [0.15, 0.2) is 25.1 Å². The second-order valence-corrected chi connectivity index (χ2v) is 7.96. The highest BCUT2D eigenvalue weighted by atomic mass is 79.9. The van der Waals surface area contributed by atoms with E-state index >= 15 is 0 Å². The Hall–Kier alpha value is 0.610. The maximum Gasteiger partial charge on any atom is 0.114 e. The summed E-state index contributed by atoms with van der Waals surface area (Å²) in [7, 11) is 0. The molecule has 1 nitrogen and oxygen atoms in total. The first-order chi connectivity index (χ1) is 7.08. The molecule has 80 valence electrons. The number of thiophene rings is 2. The molecule has 0 saturated heterocycles. The van der Waals surface area contributed by atoms with Crippen molar-refractivity contribution in [1.82, 2.24) is 0 Å². The molecule has 6 heteroatoms. The Morgan fingerprint density at radius 3 is 2.53 bits per heavy atom. The van der Waals surface area contributed by atoms with Crippen LogP contribution in [-0.2, 0) is 0 Å². The summed E-state index contributed by atoms with van der Waals surface area (Å²) in [6, 6.07) is 3.70. The van der Waals surface area contributed by atoms with E-state index in [-0.39, 0.29) is 0 Å². The van der Waals surface area contributed by atoms with Crippen molar-refractivity contribution >= 4 is 66.1 Å². The number of hydrogen-bond donors (Lipinski definition) is 1. The molecule has 0 amide bonds. The number of aliphatic hydroxyl groups is 1. The van der Waals surface area contributed by atoms with Gasteiger partial charge in [0.25, 0.3) is 0 Å². The zero-order chi connectivity index (χ0) is 11.0. The molecule has 0 radical (unpaired) electrons. The van der Waals surface area contributed by atoms with Crippen molar-refractivity contribution in [2.75, 3.05) is 0 Å². The van der Waals surface area contributed by atoms with Gasteiger partial charge in [-0.1, -0.05) is 11.6 Å². The molecule has 1 N–H and O–H groups in total. The smallest absolute Gasteiger partial charge is 0.114 e. The van der Waals surface area contributed by atoms with Gasteiger partial charge in [-0.05, 0) is 54.9 Å². The van der Waals surface area contributed by atoms with E-state index in [1.54, 1.807) is 17.4 Å². The maximum absolute atomic E-state index is 10.1. The lowest BCUT2D eigenvalue weighted by atomic mass is 10.2. The zero-order valence-electron chi connectivity index (χ0n) is 7.21. The second-order valence-electron chi connectivity index (χ2n) is 2.86. The summed E-state index contributed by atoms with van der Waals surface area (Å²) in [6.07, 6.45) is -0.596. The SMILES string of the molecule is OC(c1csc(Br)c1)c1cc(Cl)c(Br)s1. The lowest BCUT2D eigenvalue weighted by molar-refractivity contribution is 0.224. The van der Waals surface area contributed by atoms with Crippen LogP contribution in [0.1, 0.15) is 16.5 Å². The Kier molecular flexibility index (Phi) is 3.91. The summed E-state index contributed by atoms with van der Waals surface area (Å²) in [4.78, 5) is 0.845. The lowest BCUT2D eigenvalue weighted by Gasteiger charge is -2.04. The summed E-state index contributed by atoms with van der Waals surface area (Å²) in [5.41, 5.74) is 0.886. The Bertz CT molecular complexity index is 461. The van der Waals surface area contributed by atoms with Crippen molar-refractivity contribution in [3.05, 3.63) is 40.5 Å². The fourth-order valence-electron chi connectivity index (χ4n) is 1.13. The predicted molar refractivity (Wildman–Crippen MR) is 73.1 cm³/mol. The van der Waals surface area contributed by atoms with E-state index in [2.05, 4.69) is 31.9 Å². The first kappa shape index (κ1) is 12.1. The topological polar surface area (TPSA) is 20.2 Å². The van der Waals surface area contributed by atoms with Crippen LogP contribution < -0.4 is 0 Å². The van der Waals surface area contributed by atoms with Crippen LogP contribution in [0.3, 0.4) is 0 Å². The third-order valence-corrected chi connectivity index (χ3v) is 5.89. The highest BCUT2D eigenvalue weighted by Crippen LogP contribution is 2.38. The molecule has 0 aliphatic carbocycles. The molecule has 0 aliphatic heterocycles. The molecule has 0 aliphatic rings. The minimum absolute atomic E-state index is 0.596. The Morgan fingerprint density at radius 1 is 1.33 bits per heavy atom. The lowest BCUT2D eigenvalue weighted by Crippen LogP contribution is -1.93. The molecule has 2 aromatic heterocycles. The molecule has 2 rings (SSSR count). The molecule has 0 aromatic carbocycles. The van der Waals surface area contributed by atoms with E-state index in [0.717, 1.165) is 18.0 Å². The number of hydrogen-bond acceptors (Lipinski definition) is 3. The average molecular weight is 389 g/mol. The van der Waals surface area contributed by atoms with Gasteiger partial charge in [0.1, 0.15) is 6.10 Å². The van der Waals surface area contributed by atoms with Gasteiger partial charge in [0, 0.05) is 4.88 Å². The number of aliphatic hydroxyl groups excluding tert-OH is 1. The van der Waals surface area contributed by atoms with E-state index in [0.29, 0.717) is 5.02 Å². The third kappa shape index (κ3) is 2.65. The molecule has 1 atom stereocenters. The fraction of sp³-hybridized carbons (Fsp3) is 0.111. The van der Waals surface area contributed by atoms with Crippen LogP contribution in [0.25, 0.3) is 0 Å². The number of halogens is 3. The van der Waals surface area contributed by atoms with Gasteiger partial charge in [-0.25, -0.2) is 0 Å². The standard InChI is InChI=1S/C9H5Br2ClOS2/c10-7-1-4(3-14-7)8(13)6-2-5(12)9(11)15-6/h1-3,8,13H. The molecule has 2 heterocycles. The van der Waals surface area contributed by atoms with Crippen molar-refractivity contribution in [1.29, 1.82) is 0 Å². The maximum atomic E-state index is 10.1. The van der Waals surface area contributed by atoms with Gasteiger partial charge in [0.15, 0.2) is 0 Å². The largest absolute Gasteiger partial charge is 0.383 e. The molecule has 0 spiro atoms. The van der Waals surface area contributed by atoms with Crippen molar-refractivity contribution in [3.63, 3.8) is 0 Å². The van der Waals surface area contributed by atoms with Gasteiger partial charge in [-0.2, -0.15) is 0 Å². The van der Waals surface area contributed by atoms with Gasteiger partial charge < -0.3 is 5.11 Å². The van der Waals surface area contributed by atoms with Crippen LogP contribution in [0.4, 0.5) is 0 Å². The molecule has 2 aromatic rings. The van der Waals surface area contributed by atoms with Crippen molar-refractivity contribution in [2.24, 2.45) is 0 Å². The van der Waals surface area contributed by atoms with Crippen LogP contribution in [0.2, 0.25) is 5.02 Å². The van der Waals surface area contributed by atoms with E-state index in [1.165, 1.54) is 11.3 Å². The van der Waals surface area contributed by atoms with Crippen molar-refractivity contribution in [2.45, 2.75) is 6.10 Å². The normalized spacial score (nSPS) is 13.1. The molecule has 0 fully saturated rings. The monoisotopic (exact) mass is 386 g/mol. The minimum atomic E-state index is -0.596. The molecule has 15 heavy (non-hydrogen) atoms. The molecule has 0 bridgehead atoms. The Balaban J connectivity index is 2.31. The summed E-state index contributed by atoms with van der Waals surface area (Å²) in [5.74, 6) is 0. The van der Waals surface area contributed by atoms with Gasteiger partial charge in [0.05, 0.1) is 12.6 Å². The molecular formula is C9H5Br2ClOS2. The van der Waals surface area contributed by atoms with Crippen LogP contribution in [0.5, 0.6) is 0 Å². The van der Waals surface area contributed by atoms with Gasteiger partial charge in [0.2, 0.25) is 0 Å². The van der Waals surface area contributed by atoms with Crippen molar-refractivity contribution < 1.29 is 5.11 Å². The number of rotatable bonds is 2. The summed E-state index contributed by atoms with van der Waals surface area (Å²) in [6.45, 7) is 0. The van der Waals surface area contributed by atoms with E-state index < -0.39 is 6.10 Å². The minimum Gasteiger partial charge on any atom is -0.383 e. The highest BCUT2D eigenvalue weighted by molar-refractivity contribution is 9.11. The van der Waals surface area contributed by atoms with Crippen LogP contribution >= 0.6 is 66.1 Å². The first-order valence-electron chi connectivity index (χ1n) is 3.94. The van der Waals surface area contributed by atoms with E-state index in [4.69, 9.17) is 11.6 Å². The molecular weight excluding hydrogens is 383 g/mol. The quantitative estimate of drug-likeness (QED) is 0.762. The second kappa shape index (κ2) is 4.85. The van der Waals surface area contributed by atoms with E-state index in [9.17, 15) is 5.11 Å². The zero-order valence-corrected chi connectivity index (χ0v) is 12.8. The van der Waals surface area contributed by atoms with Crippen LogP contribution in [0, 0.1) is 0 Å². The summed E-state index contributed by atoms with van der Waals surface area (Å²) >= 11 is 15.6. The van der Waals surface area contributed by atoms with E-state index in [1.807, 2.05) is 11.4 Å².